The van der Waals surface area contributed by atoms with Gasteiger partial charge in [0.25, 0.3) is 5.91 Å². The van der Waals surface area contributed by atoms with Crippen molar-refractivity contribution in [1.29, 1.82) is 0 Å². The molecule has 0 unspecified atom stereocenters. The Labute approximate surface area is 143 Å². The number of carbonyl (C=O) groups excluding carboxylic acids is 1. The Morgan fingerprint density at radius 3 is 2.57 bits per heavy atom. The highest BCUT2D eigenvalue weighted by atomic mass is 35.5. The van der Waals surface area contributed by atoms with E-state index in [-0.39, 0.29) is 22.3 Å². The van der Waals surface area contributed by atoms with Crippen LogP contribution >= 0.6 is 23.8 Å². The number of thiocarbonyl (C=S) groups is 1. The average molecular weight is 349 g/mol. The molecule has 0 aliphatic heterocycles. The summed E-state index contributed by atoms with van der Waals surface area (Å²) in [5, 5.41) is 14.7. The third kappa shape index (κ3) is 4.51. The largest absolute Gasteiger partial charge is 0.478 e. The summed E-state index contributed by atoms with van der Waals surface area (Å²) in [6.07, 6.45) is 0. The monoisotopic (exact) mass is 348 g/mol. The number of rotatable bonds is 3. The van der Waals surface area contributed by atoms with Crippen LogP contribution in [0.3, 0.4) is 0 Å². The molecule has 1 amide bonds. The maximum Gasteiger partial charge on any atom is 0.337 e. The smallest absolute Gasteiger partial charge is 0.337 e. The lowest BCUT2D eigenvalue weighted by Crippen LogP contribution is -2.34. The molecule has 3 N–H and O–H groups in total. The zero-order valence-electron chi connectivity index (χ0n) is 12.1. The molecule has 0 spiro atoms. The summed E-state index contributed by atoms with van der Waals surface area (Å²) in [5.74, 6) is -1.53. The van der Waals surface area contributed by atoms with Gasteiger partial charge in [0.1, 0.15) is 0 Å². The molecule has 0 saturated heterocycles. The molecule has 0 aromatic heterocycles. The summed E-state index contributed by atoms with van der Waals surface area (Å²) in [5.41, 5.74) is 1.62. The highest BCUT2D eigenvalue weighted by Crippen LogP contribution is 2.20. The van der Waals surface area contributed by atoms with E-state index in [9.17, 15) is 9.59 Å². The van der Waals surface area contributed by atoms with E-state index in [0.29, 0.717) is 10.6 Å². The number of nitrogens with one attached hydrogen (secondary N) is 2. The number of aromatic carboxylic acids is 1. The predicted octanol–water partition coefficient (Wildman–Crippen LogP) is 3.47. The fraction of sp³-hybridized carbons (Fsp3) is 0.0625. The number of aryl methyl sites for hydroxylation is 1. The van der Waals surface area contributed by atoms with Gasteiger partial charge in [0.2, 0.25) is 0 Å². The van der Waals surface area contributed by atoms with Crippen LogP contribution < -0.4 is 10.6 Å². The zero-order chi connectivity index (χ0) is 17.0. The quantitative estimate of drug-likeness (QED) is 0.740. The van der Waals surface area contributed by atoms with Gasteiger partial charge < -0.3 is 10.4 Å². The second-order valence-electron chi connectivity index (χ2n) is 4.77. The fourth-order valence-corrected chi connectivity index (χ4v) is 2.29. The van der Waals surface area contributed by atoms with Crippen LogP contribution in [-0.2, 0) is 0 Å². The molecular formula is C16H13ClN2O3S. The average Bonchev–Trinajstić information content (AvgIpc) is 2.48. The molecule has 0 atom stereocenters. The molecule has 0 heterocycles. The van der Waals surface area contributed by atoms with E-state index in [0.717, 1.165) is 5.56 Å². The van der Waals surface area contributed by atoms with Gasteiger partial charge in [-0.2, -0.15) is 0 Å². The number of benzene rings is 2. The first-order valence-electron chi connectivity index (χ1n) is 6.58. The summed E-state index contributed by atoms with van der Waals surface area (Å²) in [7, 11) is 0. The van der Waals surface area contributed by atoms with Gasteiger partial charge >= 0.3 is 5.97 Å². The molecule has 0 saturated carbocycles. The first-order valence-corrected chi connectivity index (χ1v) is 7.37. The van der Waals surface area contributed by atoms with Crippen molar-refractivity contribution >= 4 is 46.5 Å². The normalized spacial score (nSPS) is 10.0. The summed E-state index contributed by atoms with van der Waals surface area (Å²) in [4.78, 5) is 23.3. The zero-order valence-corrected chi connectivity index (χ0v) is 13.7. The van der Waals surface area contributed by atoms with Gasteiger partial charge in [-0.3, -0.25) is 10.1 Å². The van der Waals surface area contributed by atoms with Crippen molar-refractivity contribution in [3.63, 3.8) is 0 Å². The highest BCUT2D eigenvalue weighted by Gasteiger charge is 2.13. The lowest BCUT2D eigenvalue weighted by Gasteiger charge is -2.12. The maximum absolute atomic E-state index is 12.1. The Morgan fingerprint density at radius 2 is 1.91 bits per heavy atom. The van der Waals surface area contributed by atoms with Crippen LogP contribution in [0.1, 0.15) is 26.3 Å². The molecule has 0 aliphatic rings. The lowest BCUT2D eigenvalue weighted by atomic mass is 10.1. The van der Waals surface area contributed by atoms with Crippen LogP contribution in [-0.4, -0.2) is 22.1 Å². The molecule has 7 heteroatoms. The van der Waals surface area contributed by atoms with Gasteiger partial charge in [0.05, 0.1) is 11.3 Å². The van der Waals surface area contributed by atoms with E-state index in [1.807, 2.05) is 13.0 Å². The Morgan fingerprint density at radius 1 is 1.17 bits per heavy atom. The minimum Gasteiger partial charge on any atom is -0.478 e. The number of carbonyl (C=O) groups is 2. The van der Waals surface area contributed by atoms with Gasteiger partial charge in [-0.1, -0.05) is 29.3 Å². The van der Waals surface area contributed by atoms with Crippen LogP contribution in [0.25, 0.3) is 0 Å². The summed E-state index contributed by atoms with van der Waals surface area (Å²) in [6, 6.07) is 11.3. The summed E-state index contributed by atoms with van der Waals surface area (Å²) in [6.45, 7) is 1.88. The Bertz CT molecular complexity index is 793. The van der Waals surface area contributed by atoms with E-state index >= 15 is 0 Å². The summed E-state index contributed by atoms with van der Waals surface area (Å²) >= 11 is 10.8. The van der Waals surface area contributed by atoms with Crippen LogP contribution in [0.4, 0.5) is 5.69 Å². The van der Waals surface area contributed by atoms with Crippen LogP contribution in [0.15, 0.2) is 42.5 Å². The minimum absolute atomic E-state index is 0.00123. The second kappa shape index (κ2) is 7.21. The molecule has 5 nitrogen and oxygen atoms in total. The third-order valence-electron chi connectivity index (χ3n) is 2.97. The summed E-state index contributed by atoms with van der Waals surface area (Å²) < 4.78 is 0. The molecule has 2 aromatic carbocycles. The van der Waals surface area contributed by atoms with Crippen LogP contribution in [0.2, 0.25) is 5.02 Å². The molecule has 2 rings (SSSR count). The number of anilines is 1. The van der Waals surface area contributed by atoms with E-state index < -0.39 is 5.97 Å². The topological polar surface area (TPSA) is 78.4 Å². The first-order chi connectivity index (χ1) is 10.9. The van der Waals surface area contributed by atoms with Crippen LogP contribution in [0.5, 0.6) is 0 Å². The molecule has 118 valence electrons. The highest BCUT2D eigenvalue weighted by molar-refractivity contribution is 7.80. The molecule has 2 aromatic rings. The van der Waals surface area contributed by atoms with Crippen molar-refractivity contribution in [3.05, 3.63) is 64.2 Å². The number of hydrogen-bond acceptors (Lipinski definition) is 3. The minimum atomic E-state index is -1.15. The van der Waals surface area contributed by atoms with Crippen molar-refractivity contribution in [3.8, 4) is 0 Å². The van der Waals surface area contributed by atoms with Crippen molar-refractivity contribution in [2.45, 2.75) is 6.92 Å². The number of hydrogen-bond donors (Lipinski definition) is 3. The van der Waals surface area contributed by atoms with Crippen molar-refractivity contribution in [2.24, 2.45) is 0 Å². The standard InChI is InChI=1S/C16H13ClN2O3S/c1-9-3-2-4-10(7-9)14(20)19-16(23)18-13-6-5-11(17)8-12(13)15(21)22/h2-8H,1H3,(H,21,22)(H2,18,19,20,23). The van der Waals surface area contributed by atoms with E-state index in [1.165, 1.54) is 18.2 Å². The van der Waals surface area contributed by atoms with Gasteiger partial charge in [0.15, 0.2) is 5.11 Å². The van der Waals surface area contributed by atoms with E-state index in [2.05, 4.69) is 10.6 Å². The van der Waals surface area contributed by atoms with Gasteiger partial charge in [0, 0.05) is 10.6 Å². The van der Waals surface area contributed by atoms with Crippen molar-refractivity contribution < 1.29 is 14.7 Å². The number of halogens is 1. The number of carboxylic acid groups (broad SMARTS) is 1. The van der Waals surface area contributed by atoms with Crippen LogP contribution in [0, 0.1) is 6.92 Å². The molecule has 0 fully saturated rings. The van der Waals surface area contributed by atoms with Crippen molar-refractivity contribution in [2.75, 3.05) is 5.32 Å². The fourth-order valence-electron chi connectivity index (χ4n) is 1.92. The van der Waals surface area contributed by atoms with E-state index in [4.69, 9.17) is 28.9 Å². The molecule has 0 bridgehead atoms. The lowest BCUT2D eigenvalue weighted by molar-refractivity contribution is 0.0698. The van der Waals surface area contributed by atoms with Crippen molar-refractivity contribution in [1.82, 2.24) is 5.32 Å². The third-order valence-corrected chi connectivity index (χ3v) is 3.41. The molecule has 0 aliphatic carbocycles. The SMILES string of the molecule is Cc1cccc(C(=O)NC(=S)Nc2ccc(Cl)cc2C(=O)O)c1. The number of carboxylic acids is 1. The molecular weight excluding hydrogens is 336 g/mol. The Balaban J connectivity index is 2.11. The molecule has 23 heavy (non-hydrogen) atoms. The number of amides is 1. The first kappa shape index (κ1) is 16.9. The second-order valence-corrected chi connectivity index (χ2v) is 5.62. The Kier molecular flexibility index (Phi) is 5.31. The predicted molar refractivity (Wildman–Crippen MR) is 93.3 cm³/mol. The van der Waals surface area contributed by atoms with Gasteiger partial charge in [-0.05, 0) is 49.5 Å². The Hall–Kier alpha value is -2.44. The van der Waals surface area contributed by atoms with Gasteiger partial charge in [-0.25, -0.2) is 4.79 Å². The molecule has 0 radical (unpaired) electrons. The maximum atomic E-state index is 12.1. The van der Waals surface area contributed by atoms with E-state index in [1.54, 1.807) is 18.2 Å². The van der Waals surface area contributed by atoms with Gasteiger partial charge in [-0.15, -0.1) is 0 Å².